The van der Waals surface area contributed by atoms with Crippen LogP contribution >= 0.6 is 11.8 Å². The molecule has 1 aliphatic heterocycles. The fourth-order valence-electron chi connectivity index (χ4n) is 3.08. The molecule has 140 valence electrons. The summed E-state index contributed by atoms with van der Waals surface area (Å²) in [6.45, 7) is 5.52. The smallest absolute Gasteiger partial charge is 0.191 e. The van der Waals surface area contributed by atoms with E-state index in [0.29, 0.717) is 0 Å². The summed E-state index contributed by atoms with van der Waals surface area (Å²) >= 11 is 1.93. The molecule has 0 saturated carbocycles. The van der Waals surface area contributed by atoms with E-state index in [9.17, 15) is 0 Å². The van der Waals surface area contributed by atoms with Crippen molar-refractivity contribution in [3.63, 3.8) is 0 Å². The zero-order valence-electron chi connectivity index (χ0n) is 15.9. The zero-order chi connectivity index (χ0) is 18.1. The minimum Gasteiger partial charge on any atom is -0.496 e. The molecule has 1 aromatic carbocycles. The van der Waals surface area contributed by atoms with Crippen molar-refractivity contribution in [1.82, 2.24) is 10.6 Å². The minimum atomic E-state index is 0.246. The van der Waals surface area contributed by atoms with Gasteiger partial charge in [0.05, 0.1) is 7.11 Å². The van der Waals surface area contributed by atoms with Gasteiger partial charge in [0, 0.05) is 38.1 Å². The molecule has 1 saturated heterocycles. The predicted molar refractivity (Wildman–Crippen MR) is 107 cm³/mol. The quantitative estimate of drug-likeness (QED) is 0.575. The molecule has 2 rings (SSSR count). The van der Waals surface area contributed by atoms with Gasteiger partial charge in [0.2, 0.25) is 0 Å². The van der Waals surface area contributed by atoms with Gasteiger partial charge in [-0.15, -0.1) is 0 Å². The van der Waals surface area contributed by atoms with Crippen molar-refractivity contribution in [2.75, 3.05) is 46.7 Å². The van der Waals surface area contributed by atoms with E-state index in [1.807, 2.05) is 24.9 Å². The Morgan fingerprint density at radius 1 is 1.32 bits per heavy atom. The van der Waals surface area contributed by atoms with Gasteiger partial charge < -0.3 is 20.1 Å². The summed E-state index contributed by atoms with van der Waals surface area (Å²) < 4.78 is 11.2. The van der Waals surface area contributed by atoms with E-state index in [4.69, 9.17) is 9.47 Å². The molecule has 0 aromatic heterocycles. The summed E-state index contributed by atoms with van der Waals surface area (Å²) in [7, 11) is 3.54. The van der Waals surface area contributed by atoms with Gasteiger partial charge in [-0.3, -0.25) is 4.99 Å². The molecular weight excluding hydrogens is 334 g/mol. The van der Waals surface area contributed by atoms with Crippen LogP contribution in [0.15, 0.2) is 23.2 Å². The average molecular weight is 366 g/mol. The number of benzene rings is 1. The first-order valence-corrected chi connectivity index (χ1v) is 10.1. The number of nitrogens with zero attached hydrogens (tertiary/aromatic N) is 1. The molecule has 2 N–H and O–H groups in total. The lowest BCUT2D eigenvalue weighted by Crippen LogP contribution is -2.48. The van der Waals surface area contributed by atoms with Crippen LogP contribution in [0.2, 0.25) is 0 Å². The maximum Gasteiger partial charge on any atom is 0.191 e. The van der Waals surface area contributed by atoms with Gasteiger partial charge in [0.15, 0.2) is 5.96 Å². The second-order valence-electron chi connectivity index (χ2n) is 6.42. The molecule has 0 spiro atoms. The molecule has 0 radical (unpaired) electrons. The van der Waals surface area contributed by atoms with Crippen LogP contribution in [0.1, 0.15) is 24.0 Å². The van der Waals surface area contributed by atoms with E-state index < -0.39 is 0 Å². The monoisotopic (exact) mass is 365 g/mol. The van der Waals surface area contributed by atoms with Crippen LogP contribution < -0.4 is 15.4 Å². The topological polar surface area (TPSA) is 54.9 Å². The highest BCUT2D eigenvalue weighted by atomic mass is 32.2. The van der Waals surface area contributed by atoms with Gasteiger partial charge in [-0.1, -0.05) is 17.7 Å². The number of hydrogen-bond acceptors (Lipinski definition) is 4. The Labute approximate surface area is 156 Å². The van der Waals surface area contributed by atoms with Gasteiger partial charge in [0.25, 0.3) is 0 Å². The summed E-state index contributed by atoms with van der Waals surface area (Å²) in [6.07, 6.45) is 5.25. The van der Waals surface area contributed by atoms with E-state index in [1.165, 1.54) is 11.1 Å². The standard InChI is InChI=1S/C19H31N3O2S/c1-15-5-6-17(23-3)16(13-15)7-10-21-18(20-2)22-14-19(25-4)8-11-24-12-9-19/h5-6,13H,7-12,14H2,1-4H3,(H2,20,21,22). The molecule has 0 bridgehead atoms. The van der Waals surface area contributed by atoms with E-state index in [0.717, 1.165) is 57.3 Å². The number of ether oxygens (including phenoxy) is 2. The van der Waals surface area contributed by atoms with Crippen molar-refractivity contribution >= 4 is 17.7 Å². The third-order valence-electron chi connectivity index (χ3n) is 4.76. The first kappa shape index (κ1) is 19.9. The van der Waals surface area contributed by atoms with E-state index >= 15 is 0 Å². The molecule has 1 aromatic rings. The van der Waals surface area contributed by atoms with Crippen molar-refractivity contribution in [3.8, 4) is 5.75 Å². The SMILES string of the molecule is CN=C(NCCc1cc(C)ccc1OC)NCC1(SC)CCOCC1. The number of methoxy groups -OCH3 is 1. The van der Waals surface area contributed by atoms with Gasteiger partial charge in [-0.2, -0.15) is 11.8 Å². The molecule has 5 nitrogen and oxygen atoms in total. The van der Waals surface area contributed by atoms with Crippen molar-refractivity contribution in [1.29, 1.82) is 0 Å². The van der Waals surface area contributed by atoms with Crippen molar-refractivity contribution in [3.05, 3.63) is 29.3 Å². The summed E-state index contributed by atoms with van der Waals surface area (Å²) in [5, 5.41) is 6.90. The second-order valence-corrected chi connectivity index (χ2v) is 7.69. The number of guanidine groups is 1. The number of thioether (sulfide) groups is 1. The molecule has 25 heavy (non-hydrogen) atoms. The molecule has 1 heterocycles. The van der Waals surface area contributed by atoms with E-state index in [2.05, 4.69) is 40.9 Å². The summed E-state index contributed by atoms with van der Waals surface area (Å²) in [6, 6.07) is 6.29. The lowest BCUT2D eigenvalue weighted by molar-refractivity contribution is 0.0783. The van der Waals surface area contributed by atoms with Crippen LogP contribution in [0.3, 0.4) is 0 Å². The summed E-state index contributed by atoms with van der Waals surface area (Å²) in [5.41, 5.74) is 2.47. The summed E-state index contributed by atoms with van der Waals surface area (Å²) in [4.78, 5) is 4.35. The third kappa shape index (κ3) is 5.82. The number of aliphatic imine (C=N–C) groups is 1. The lowest BCUT2D eigenvalue weighted by atomic mass is 9.99. The zero-order valence-corrected chi connectivity index (χ0v) is 16.7. The molecule has 0 atom stereocenters. The lowest BCUT2D eigenvalue weighted by Gasteiger charge is -2.36. The molecule has 0 unspecified atom stereocenters. The van der Waals surface area contributed by atoms with Crippen molar-refractivity contribution in [2.45, 2.75) is 30.9 Å². The first-order chi connectivity index (χ1) is 12.1. The highest BCUT2D eigenvalue weighted by molar-refractivity contribution is 8.00. The fraction of sp³-hybridized carbons (Fsp3) is 0.632. The molecule has 6 heteroatoms. The number of aryl methyl sites for hydroxylation is 1. The normalized spacial score (nSPS) is 17.2. The maximum absolute atomic E-state index is 5.51. The van der Waals surface area contributed by atoms with Crippen LogP contribution in [0.25, 0.3) is 0 Å². The number of hydrogen-bond donors (Lipinski definition) is 2. The van der Waals surface area contributed by atoms with Gasteiger partial charge >= 0.3 is 0 Å². The minimum absolute atomic E-state index is 0.246. The summed E-state index contributed by atoms with van der Waals surface area (Å²) in [5.74, 6) is 1.80. The highest BCUT2D eigenvalue weighted by Crippen LogP contribution is 2.32. The fourth-order valence-corrected chi connectivity index (χ4v) is 3.87. The molecular formula is C19H31N3O2S. The Hall–Kier alpha value is -1.40. The van der Waals surface area contributed by atoms with Gasteiger partial charge in [-0.25, -0.2) is 0 Å². The largest absolute Gasteiger partial charge is 0.496 e. The van der Waals surface area contributed by atoms with Crippen LogP contribution in [-0.4, -0.2) is 57.4 Å². The maximum atomic E-state index is 5.51. The Bertz CT molecular complexity index is 572. The highest BCUT2D eigenvalue weighted by Gasteiger charge is 2.31. The first-order valence-electron chi connectivity index (χ1n) is 8.83. The molecule has 1 aliphatic rings. The van der Waals surface area contributed by atoms with Crippen LogP contribution in [0.5, 0.6) is 5.75 Å². The van der Waals surface area contributed by atoms with Crippen molar-refractivity contribution < 1.29 is 9.47 Å². The Morgan fingerprint density at radius 3 is 2.72 bits per heavy atom. The number of rotatable bonds is 7. The van der Waals surface area contributed by atoms with Gasteiger partial charge in [0.1, 0.15) is 5.75 Å². The van der Waals surface area contributed by atoms with Crippen LogP contribution in [-0.2, 0) is 11.2 Å². The Kier molecular flexibility index (Phi) is 7.90. The average Bonchev–Trinajstić information content (AvgIpc) is 2.65. The van der Waals surface area contributed by atoms with Gasteiger partial charge in [-0.05, 0) is 44.1 Å². The Morgan fingerprint density at radius 2 is 2.08 bits per heavy atom. The second kappa shape index (κ2) is 9.92. The molecule has 0 aliphatic carbocycles. The molecule has 0 amide bonds. The van der Waals surface area contributed by atoms with E-state index in [-0.39, 0.29) is 4.75 Å². The Balaban J connectivity index is 1.83. The van der Waals surface area contributed by atoms with Crippen LogP contribution in [0, 0.1) is 6.92 Å². The molecule has 1 fully saturated rings. The third-order valence-corrected chi connectivity index (χ3v) is 6.18. The van der Waals surface area contributed by atoms with Crippen molar-refractivity contribution in [2.24, 2.45) is 4.99 Å². The van der Waals surface area contributed by atoms with Crippen LogP contribution in [0.4, 0.5) is 0 Å². The van der Waals surface area contributed by atoms with E-state index in [1.54, 1.807) is 7.11 Å². The number of nitrogens with one attached hydrogen (secondary N) is 2. The predicted octanol–water partition coefficient (Wildman–Crippen LogP) is 2.62.